The van der Waals surface area contributed by atoms with E-state index in [0.717, 1.165) is 22.9 Å². The Morgan fingerprint density at radius 3 is 2.56 bits per heavy atom. The van der Waals surface area contributed by atoms with Crippen LogP contribution in [0, 0.1) is 6.92 Å². The Balaban J connectivity index is 2.58. The van der Waals surface area contributed by atoms with Gasteiger partial charge in [0.05, 0.1) is 17.5 Å². The lowest BCUT2D eigenvalue weighted by molar-refractivity contribution is 0.606. The molecule has 5 nitrogen and oxygen atoms in total. The molecule has 0 aliphatic rings. The number of sulfonamides is 1. The molecule has 0 radical (unpaired) electrons. The third kappa shape index (κ3) is 2.27. The number of benzene rings is 1. The maximum Gasteiger partial charge on any atom is 0.237 e. The van der Waals surface area contributed by atoms with Crippen LogP contribution in [0.25, 0.3) is 10.9 Å². The molecular weight excluding hydrogens is 226 g/mol. The van der Waals surface area contributed by atoms with Gasteiger partial charge >= 0.3 is 0 Å². The van der Waals surface area contributed by atoms with Gasteiger partial charge in [0.2, 0.25) is 16.0 Å². The fourth-order valence-electron chi connectivity index (χ4n) is 1.45. The topological polar surface area (TPSA) is 72.0 Å². The smallest absolute Gasteiger partial charge is 0.237 e. The second-order valence-corrected chi connectivity index (χ2v) is 5.27. The molecule has 0 bridgehead atoms. The van der Waals surface area contributed by atoms with Gasteiger partial charge in [-0.1, -0.05) is 18.2 Å². The summed E-state index contributed by atoms with van der Waals surface area (Å²) in [6.45, 7) is 1.82. The number of nitrogens with one attached hydrogen (secondary N) is 1. The van der Waals surface area contributed by atoms with E-state index in [4.69, 9.17) is 0 Å². The molecule has 0 amide bonds. The minimum Gasteiger partial charge on any atom is -0.251 e. The molecule has 0 saturated heterocycles. The number of hydrogen-bond acceptors (Lipinski definition) is 4. The minimum atomic E-state index is -3.34. The number of rotatable bonds is 2. The maximum absolute atomic E-state index is 11.1. The van der Waals surface area contributed by atoms with Crippen LogP contribution in [0.3, 0.4) is 0 Å². The fraction of sp³-hybridized carbons (Fsp3) is 0.200. The van der Waals surface area contributed by atoms with E-state index < -0.39 is 10.0 Å². The number of para-hydroxylation sites is 1. The van der Waals surface area contributed by atoms with E-state index in [2.05, 4.69) is 14.7 Å². The van der Waals surface area contributed by atoms with Gasteiger partial charge in [-0.05, 0) is 13.0 Å². The second-order valence-electron chi connectivity index (χ2n) is 3.52. The SMILES string of the molecule is Cc1nc(NS(C)(=O)=O)nc2ccccc12. The molecule has 0 aliphatic heterocycles. The van der Waals surface area contributed by atoms with Crippen LogP contribution in [0.1, 0.15) is 5.69 Å². The molecule has 2 rings (SSSR count). The average molecular weight is 237 g/mol. The largest absolute Gasteiger partial charge is 0.251 e. The normalized spacial score (nSPS) is 11.6. The van der Waals surface area contributed by atoms with Gasteiger partial charge in [0.15, 0.2) is 0 Å². The molecule has 0 saturated carbocycles. The molecule has 0 atom stereocenters. The summed E-state index contributed by atoms with van der Waals surface area (Å²) in [5.74, 6) is 0.110. The van der Waals surface area contributed by atoms with Crippen LogP contribution in [0.4, 0.5) is 5.95 Å². The zero-order valence-electron chi connectivity index (χ0n) is 8.93. The number of aromatic nitrogens is 2. The fourth-order valence-corrected chi connectivity index (χ4v) is 1.87. The first-order chi connectivity index (χ1) is 7.46. The summed E-state index contributed by atoms with van der Waals surface area (Å²) in [5, 5.41) is 0.918. The van der Waals surface area contributed by atoms with Gasteiger partial charge < -0.3 is 0 Å². The van der Waals surface area contributed by atoms with Crippen molar-refractivity contribution in [2.45, 2.75) is 6.92 Å². The third-order valence-electron chi connectivity index (χ3n) is 2.07. The van der Waals surface area contributed by atoms with E-state index in [1.54, 1.807) is 0 Å². The first-order valence-corrected chi connectivity index (χ1v) is 6.56. The van der Waals surface area contributed by atoms with E-state index in [0.29, 0.717) is 0 Å². The number of anilines is 1. The first-order valence-electron chi connectivity index (χ1n) is 4.67. The lowest BCUT2D eigenvalue weighted by Gasteiger charge is -2.05. The van der Waals surface area contributed by atoms with E-state index in [9.17, 15) is 8.42 Å². The molecular formula is C10H11N3O2S. The highest BCUT2D eigenvalue weighted by Crippen LogP contribution is 2.16. The standard InChI is InChI=1S/C10H11N3O2S/c1-7-8-5-3-4-6-9(8)12-10(11-7)13-16(2,14)15/h3-6H,1-2H3,(H,11,12,13). The van der Waals surface area contributed by atoms with Crippen molar-refractivity contribution >= 4 is 26.9 Å². The molecule has 1 heterocycles. The average Bonchev–Trinajstić information content (AvgIpc) is 2.15. The molecule has 2 aromatic rings. The summed E-state index contributed by atoms with van der Waals surface area (Å²) in [6, 6.07) is 7.45. The summed E-state index contributed by atoms with van der Waals surface area (Å²) < 4.78 is 24.4. The lowest BCUT2D eigenvalue weighted by Crippen LogP contribution is -2.12. The quantitative estimate of drug-likeness (QED) is 0.854. The zero-order chi connectivity index (χ0) is 11.8. The van der Waals surface area contributed by atoms with Gasteiger partial charge in [0.25, 0.3) is 0 Å². The zero-order valence-corrected chi connectivity index (χ0v) is 9.75. The summed E-state index contributed by atoms with van der Waals surface area (Å²) >= 11 is 0. The van der Waals surface area contributed by atoms with Gasteiger partial charge in [-0.25, -0.2) is 18.4 Å². The Labute approximate surface area is 93.6 Å². The highest BCUT2D eigenvalue weighted by atomic mass is 32.2. The number of aryl methyl sites for hydroxylation is 1. The van der Waals surface area contributed by atoms with Crippen molar-refractivity contribution in [1.82, 2.24) is 9.97 Å². The van der Waals surface area contributed by atoms with Crippen LogP contribution < -0.4 is 4.72 Å². The molecule has 0 unspecified atom stereocenters. The summed E-state index contributed by atoms with van der Waals surface area (Å²) in [7, 11) is -3.34. The highest BCUT2D eigenvalue weighted by molar-refractivity contribution is 7.91. The Morgan fingerprint density at radius 2 is 1.88 bits per heavy atom. The molecule has 0 aliphatic carbocycles. The van der Waals surface area contributed by atoms with Crippen molar-refractivity contribution in [2.24, 2.45) is 0 Å². The Morgan fingerprint density at radius 1 is 1.19 bits per heavy atom. The van der Waals surface area contributed by atoms with Gasteiger partial charge in [0, 0.05) is 5.39 Å². The molecule has 84 valence electrons. The van der Waals surface area contributed by atoms with Crippen LogP contribution in [-0.4, -0.2) is 24.6 Å². The van der Waals surface area contributed by atoms with Crippen molar-refractivity contribution < 1.29 is 8.42 Å². The van der Waals surface area contributed by atoms with Crippen LogP contribution >= 0.6 is 0 Å². The summed E-state index contributed by atoms with van der Waals surface area (Å²) in [6.07, 6.45) is 1.07. The van der Waals surface area contributed by atoms with Crippen molar-refractivity contribution in [1.29, 1.82) is 0 Å². The van der Waals surface area contributed by atoms with Crippen LogP contribution in [-0.2, 0) is 10.0 Å². The van der Waals surface area contributed by atoms with E-state index >= 15 is 0 Å². The van der Waals surface area contributed by atoms with Gasteiger partial charge in [-0.2, -0.15) is 0 Å². The third-order valence-corrected chi connectivity index (χ3v) is 2.62. The molecule has 1 aromatic carbocycles. The Bertz CT molecular complexity index is 638. The number of fused-ring (bicyclic) bond motifs is 1. The van der Waals surface area contributed by atoms with Crippen LogP contribution in [0.5, 0.6) is 0 Å². The van der Waals surface area contributed by atoms with E-state index in [1.165, 1.54) is 0 Å². The maximum atomic E-state index is 11.1. The molecule has 0 spiro atoms. The molecule has 0 fully saturated rings. The van der Waals surface area contributed by atoms with Crippen molar-refractivity contribution in [3.05, 3.63) is 30.0 Å². The highest BCUT2D eigenvalue weighted by Gasteiger charge is 2.07. The summed E-state index contributed by atoms with van der Waals surface area (Å²) in [5.41, 5.74) is 1.47. The van der Waals surface area contributed by atoms with Crippen LogP contribution in [0.2, 0.25) is 0 Å². The van der Waals surface area contributed by atoms with Crippen LogP contribution in [0.15, 0.2) is 24.3 Å². The summed E-state index contributed by atoms with van der Waals surface area (Å²) in [4.78, 5) is 8.21. The Hall–Kier alpha value is -1.69. The van der Waals surface area contributed by atoms with E-state index in [1.807, 2.05) is 31.2 Å². The molecule has 16 heavy (non-hydrogen) atoms. The molecule has 6 heteroatoms. The van der Waals surface area contributed by atoms with Gasteiger partial charge in [-0.3, -0.25) is 4.72 Å². The first kappa shape index (κ1) is 10.8. The molecule has 1 N–H and O–H groups in total. The number of hydrogen-bond donors (Lipinski definition) is 1. The van der Waals surface area contributed by atoms with Crippen molar-refractivity contribution in [3.8, 4) is 0 Å². The predicted molar refractivity (Wildman–Crippen MR) is 62.7 cm³/mol. The molecule has 1 aromatic heterocycles. The monoisotopic (exact) mass is 237 g/mol. The van der Waals surface area contributed by atoms with Crippen molar-refractivity contribution in [3.63, 3.8) is 0 Å². The predicted octanol–water partition coefficient (Wildman–Crippen LogP) is 1.31. The second kappa shape index (κ2) is 3.71. The van der Waals surface area contributed by atoms with Crippen molar-refractivity contribution in [2.75, 3.05) is 11.0 Å². The lowest BCUT2D eigenvalue weighted by atomic mass is 10.2. The minimum absolute atomic E-state index is 0.110. The number of nitrogens with zero attached hydrogens (tertiary/aromatic N) is 2. The van der Waals surface area contributed by atoms with Gasteiger partial charge in [0.1, 0.15) is 0 Å². The van der Waals surface area contributed by atoms with E-state index in [-0.39, 0.29) is 5.95 Å². The van der Waals surface area contributed by atoms with Gasteiger partial charge in [-0.15, -0.1) is 0 Å². The Kier molecular flexibility index (Phi) is 2.51.